The molecule has 1 N–H and O–H groups in total. The van der Waals surface area contributed by atoms with Gasteiger partial charge >= 0.3 is 6.01 Å². The summed E-state index contributed by atoms with van der Waals surface area (Å²) in [6, 6.07) is 2.24. The molecule has 136 valence electrons. The van der Waals surface area contributed by atoms with Crippen LogP contribution in [0.5, 0.6) is 11.9 Å². The highest BCUT2D eigenvalue weighted by molar-refractivity contribution is 5.32. The molecule has 3 heterocycles. The van der Waals surface area contributed by atoms with Crippen molar-refractivity contribution >= 4 is 0 Å². The summed E-state index contributed by atoms with van der Waals surface area (Å²) in [7, 11) is 0. The first-order valence-electron chi connectivity index (χ1n) is 8.73. The minimum absolute atomic E-state index is 0.274. The van der Waals surface area contributed by atoms with E-state index in [2.05, 4.69) is 14.9 Å². The fraction of sp³-hybridized carbons (Fsp3) is 0.556. The van der Waals surface area contributed by atoms with E-state index < -0.39 is 5.60 Å². The third-order valence-corrected chi connectivity index (χ3v) is 4.46. The van der Waals surface area contributed by atoms with Gasteiger partial charge in [-0.15, -0.1) is 0 Å². The fourth-order valence-electron chi connectivity index (χ4n) is 3.11. The van der Waals surface area contributed by atoms with Crippen molar-refractivity contribution in [2.24, 2.45) is 0 Å². The van der Waals surface area contributed by atoms with Crippen LogP contribution in [0.25, 0.3) is 0 Å². The highest BCUT2D eigenvalue weighted by Gasteiger charge is 2.37. The fourth-order valence-corrected chi connectivity index (χ4v) is 3.11. The number of aromatic nitrogens is 2. The molecule has 0 bridgehead atoms. The number of piperidine rings is 1. The van der Waals surface area contributed by atoms with E-state index in [1.807, 2.05) is 19.9 Å². The Hall–Kier alpha value is -2.12. The van der Waals surface area contributed by atoms with Gasteiger partial charge in [0.2, 0.25) is 5.88 Å². The molecular formula is C18H25N3O4. The number of hydrogen-bond acceptors (Lipinski definition) is 7. The molecule has 1 aliphatic heterocycles. The van der Waals surface area contributed by atoms with Crippen LogP contribution in [0.1, 0.15) is 37.8 Å². The Labute approximate surface area is 147 Å². The second kappa shape index (κ2) is 7.84. The van der Waals surface area contributed by atoms with Crippen LogP contribution in [0.15, 0.2) is 29.2 Å². The van der Waals surface area contributed by atoms with Gasteiger partial charge < -0.3 is 19.0 Å². The second-order valence-corrected chi connectivity index (χ2v) is 6.18. The van der Waals surface area contributed by atoms with Gasteiger partial charge in [0.15, 0.2) is 0 Å². The van der Waals surface area contributed by atoms with E-state index in [4.69, 9.17) is 13.9 Å². The summed E-state index contributed by atoms with van der Waals surface area (Å²) in [5.74, 6) is 0.409. The lowest BCUT2D eigenvalue weighted by atomic mass is 9.85. The average molecular weight is 347 g/mol. The van der Waals surface area contributed by atoms with Gasteiger partial charge in [-0.2, -0.15) is 4.98 Å². The number of aliphatic hydroxyl groups is 1. The Balaban J connectivity index is 1.72. The third kappa shape index (κ3) is 4.11. The Bertz CT molecular complexity index is 667. The molecule has 7 heteroatoms. The summed E-state index contributed by atoms with van der Waals surface area (Å²) in [4.78, 5) is 10.8. The molecule has 7 nitrogen and oxygen atoms in total. The molecular weight excluding hydrogens is 322 g/mol. The van der Waals surface area contributed by atoms with Crippen molar-refractivity contribution in [1.82, 2.24) is 14.9 Å². The molecule has 2 aromatic rings. The smallest absolute Gasteiger partial charge is 0.319 e. The van der Waals surface area contributed by atoms with Crippen molar-refractivity contribution in [3.63, 3.8) is 0 Å². The van der Waals surface area contributed by atoms with E-state index in [0.29, 0.717) is 37.5 Å². The molecule has 1 aliphatic rings. The van der Waals surface area contributed by atoms with Crippen molar-refractivity contribution < 1.29 is 19.0 Å². The van der Waals surface area contributed by atoms with Gasteiger partial charge in [0.25, 0.3) is 0 Å². The molecule has 0 aromatic carbocycles. The van der Waals surface area contributed by atoms with Gasteiger partial charge in [0.1, 0.15) is 0 Å². The standard InChI is InChI=1S/C18H25N3O4/c1-3-24-16-15(11-19-17(20-16)25-4-2)18(22)6-8-21(9-7-18)12-14-5-10-23-13-14/h5,10-11,13,22H,3-4,6-9,12H2,1-2H3. The highest BCUT2D eigenvalue weighted by atomic mass is 16.5. The van der Waals surface area contributed by atoms with Crippen LogP contribution in [0.2, 0.25) is 0 Å². The normalized spacial score (nSPS) is 17.4. The predicted octanol–water partition coefficient (Wildman–Crippen LogP) is 2.35. The first-order valence-corrected chi connectivity index (χ1v) is 8.73. The molecule has 0 atom stereocenters. The van der Waals surface area contributed by atoms with Crippen molar-refractivity contribution in [2.75, 3.05) is 26.3 Å². The van der Waals surface area contributed by atoms with Crippen LogP contribution in [-0.4, -0.2) is 46.3 Å². The maximum absolute atomic E-state index is 11.2. The lowest BCUT2D eigenvalue weighted by Gasteiger charge is -2.38. The lowest BCUT2D eigenvalue weighted by molar-refractivity contribution is -0.0303. The van der Waals surface area contributed by atoms with Crippen LogP contribution in [0.3, 0.4) is 0 Å². The molecule has 2 aromatic heterocycles. The summed E-state index contributed by atoms with van der Waals surface area (Å²) >= 11 is 0. The van der Waals surface area contributed by atoms with E-state index in [1.165, 1.54) is 0 Å². The van der Waals surface area contributed by atoms with Gasteiger partial charge in [-0.1, -0.05) is 0 Å². The zero-order chi connectivity index (χ0) is 17.7. The monoisotopic (exact) mass is 347 g/mol. The zero-order valence-corrected chi connectivity index (χ0v) is 14.8. The lowest BCUT2D eigenvalue weighted by Crippen LogP contribution is -2.42. The molecule has 0 unspecified atom stereocenters. The van der Waals surface area contributed by atoms with Crippen LogP contribution in [-0.2, 0) is 12.1 Å². The number of furan rings is 1. The highest BCUT2D eigenvalue weighted by Crippen LogP contribution is 2.37. The minimum atomic E-state index is -0.984. The Morgan fingerprint density at radius 2 is 2.00 bits per heavy atom. The van der Waals surface area contributed by atoms with Crippen LogP contribution in [0, 0.1) is 0 Å². The molecule has 25 heavy (non-hydrogen) atoms. The van der Waals surface area contributed by atoms with E-state index in [1.54, 1.807) is 18.7 Å². The van der Waals surface area contributed by atoms with Gasteiger partial charge in [-0.05, 0) is 32.8 Å². The van der Waals surface area contributed by atoms with Crippen LogP contribution in [0.4, 0.5) is 0 Å². The molecule has 1 fully saturated rings. The SMILES string of the molecule is CCOc1ncc(C2(O)CCN(Cc3ccoc3)CC2)c(OCC)n1. The molecule has 3 rings (SSSR count). The molecule has 1 saturated heterocycles. The molecule has 0 aliphatic carbocycles. The number of ether oxygens (including phenoxy) is 2. The second-order valence-electron chi connectivity index (χ2n) is 6.18. The number of rotatable bonds is 7. The summed E-state index contributed by atoms with van der Waals surface area (Å²) in [6.07, 6.45) is 6.27. The van der Waals surface area contributed by atoms with E-state index in [-0.39, 0.29) is 6.01 Å². The van der Waals surface area contributed by atoms with E-state index in [9.17, 15) is 5.11 Å². The third-order valence-electron chi connectivity index (χ3n) is 4.46. The quantitative estimate of drug-likeness (QED) is 0.823. The Morgan fingerprint density at radius 3 is 2.64 bits per heavy atom. The Kier molecular flexibility index (Phi) is 5.55. The zero-order valence-electron chi connectivity index (χ0n) is 14.8. The van der Waals surface area contributed by atoms with Gasteiger partial charge in [-0.3, -0.25) is 4.90 Å². The van der Waals surface area contributed by atoms with Crippen molar-refractivity contribution in [1.29, 1.82) is 0 Å². The molecule has 0 spiro atoms. The summed E-state index contributed by atoms with van der Waals surface area (Å²) in [5, 5.41) is 11.2. The number of nitrogens with zero attached hydrogens (tertiary/aromatic N) is 3. The van der Waals surface area contributed by atoms with Crippen molar-refractivity contribution in [3.05, 3.63) is 35.9 Å². The summed E-state index contributed by atoms with van der Waals surface area (Å²) in [6.45, 7) is 7.10. The molecule has 0 amide bonds. The summed E-state index contributed by atoms with van der Waals surface area (Å²) < 4.78 is 16.1. The molecule has 0 radical (unpaired) electrons. The van der Waals surface area contributed by atoms with E-state index in [0.717, 1.165) is 25.2 Å². The van der Waals surface area contributed by atoms with Gasteiger partial charge in [0, 0.05) is 31.4 Å². The maximum Gasteiger partial charge on any atom is 0.319 e. The van der Waals surface area contributed by atoms with Crippen molar-refractivity contribution in [3.8, 4) is 11.9 Å². The topological polar surface area (TPSA) is 80.9 Å². The van der Waals surface area contributed by atoms with Gasteiger partial charge in [-0.25, -0.2) is 4.98 Å². The van der Waals surface area contributed by atoms with Crippen LogP contribution < -0.4 is 9.47 Å². The first kappa shape index (κ1) is 17.7. The Morgan fingerprint density at radius 1 is 1.24 bits per heavy atom. The minimum Gasteiger partial charge on any atom is -0.478 e. The summed E-state index contributed by atoms with van der Waals surface area (Å²) in [5.41, 5.74) is 0.799. The van der Waals surface area contributed by atoms with Gasteiger partial charge in [0.05, 0.1) is 36.9 Å². The van der Waals surface area contributed by atoms with Crippen molar-refractivity contribution in [2.45, 2.75) is 38.8 Å². The maximum atomic E-state index is 11.2. The molecule has 0 saturated carbocycles. The van der Waals surface area contributed by atoms with E-state index >= 15 is 0 Å². The predicted molar refractivity (Wildman–Crippen MR) is 91.5 cm³/mol. The largest absolute Gasteiger partial charge is 0.478 e. The first-order chi connectivity index (χ1) is 12.1. The average Bonchev–Trinajstić information content (AvgIpc) is 3.11. The number of likely N-dealkylation sites (tertiary alicyclic amines) is 1. The number of hydrogen-bond donors (Lipinski definition) is 1. The van der Waals surface area contributed by atoms with Crippen LogP contribution >= 0.6 is 0 Å².